The molecule has 0 aliphatic heterocycles. The van der Waals surface area contributed by atoms with Crippen LogP contribution in [0.3, 0.4) is 0 Å². The van der Waals surface area contributed by atoms with E-state index < -0.39 is 15.1 Å². The van der Waals surface area contributed by atoms with E-state index in [9.17, 15) is 13.2 Å². The van der Waals surface area contributed by atoms with Crippen LogP contribution in [0, 0.1) is 0 Å². The Bertz CT molecular complexity index is 361. The number of carbonyl (C=O) groups is 1. The third kappa shape index (κ3) is 3.67. The monoisotopic (exact) mass is 262 g/mol. The van der Waals surface area contributed by atoms with Gasteiger partial charge in [0, 0.05) is 25.4 Å². The second-order valence-corrected chi connectivity index (χ2v) is 7.10. The lowest BCUT2D eigenvalue weighted by atomic mass is 10.2. The van der Waals surface area contributed by atoms with Crippen molar-refractivity contribution in [2.45, 2.75) is 43.9 Å². The van der Waals surface area contributed by atoms with Crippen LogP contribution in [0.5, 0.6) is 0 Å². The molecule has 0 spiro atoms. The lowest BCUT2D eigenvalue weighted by molar-refractivity contribution is -0.132. The van der Waals surface area contributed by atoms with Crippen molar-refractivity contribution < 1.29 is 13.2 Å². The summed E-state index contributed by atoms with van der Waals surface area (Å²) in [6.45, 7) is 2.28. The Morgan fingerprint density at radius 2 is 1.94 bits per heavy atom. The van der Waals surface area contributed by atoms with Crippen LogP contribution >= 0.6 is 0 Å². The average Bonchev–Trinajstić information content (AvgIpc) is 2.75. The molecule has 0 aromatic heterocycles. The van der Waals surface area contributed by atoms with Crippen LogP contribution in [-0.4, -0.2) is 49.9 Å². The zero-order chi connectivity index (χ0) is 13.1. The summed E-state index contributed by atoms with van der Waals surface area (Å²) in [4.78, 5) is 13.8. The Labute approximate surface area is 103 Å². The van der Waals surface area contributed by atoms with Crippen LogP contribution in [0.25, 0.3) is 0 Å². The van der Waals surface area contributed by atoms with Gasteiger partial charge in [-0.2, -0.15) is 0 Å². The summed E-state index contributed by atoms with van der Waals surface area (Å²) < 4.78 is 22.8. The van der Waals surface area contributed by atoms with Gasteiger partial charge in [-0.25, -0.2) is 8.42 Å². The van der Waals surface area contributed by atoms with Gasteiger partial charge in [-0.05, 0) is 19.8 Å². The van der Waals surface area contributed by atoms with Gasteiger partial charge in [0.15, 0.2) is 9.84 Å². The van der Waals surface area contributed by atoms with Crippen LogP contribution in [0.4, 0.5) is 0 Å². The first-order chi connectivity index (χ1) is 7.88. The highest BCUT2D eigenvalue weighted by atomic mass is 32.2. The van der Waals surface area contributed by atoms with Gasteiger partial charge >= 0.3 is 0 Å². The molecule has 100 valence electrons. The first-order valence-electron chi connectivity index (χ1n) is 6.07. The quantitative estimate of drug-likeness (QED) is 0.764. The third-order valence-corrected chi connectivity index (χ3v) is 4.89. The van der Waals surface area contributed by atoms with E-state index in [0.29, 0.717) is 13.1 Å². The largest absolute Gasteiger partial charge is 0.337 e. The van der Waals surface area contributed by atoms with Crippen molar-refractivity contribution in [1.29, 1.82) is 0 Å². The number of carbonyl (C=O) groups excluding carboxylic acids is 1. The lowest BCUT2D eigenvalue weighted by Crippen LogP contribution is -2.48. The molecule has 1 amide bonds. The van der Waals surface area contributed by atoms with E-state index in [4.69, 9.17) is 5.73 Å². The minimum atomic E-state index is -3.33. The number of amides is 1. The Morgan fingerprint density at radius 3 is 2.35 bits per heavy atom. The van der Waals surface area contributed by atoms with Gasteiger partial charge < -0.3 is 10.6 Å². The average molecular weight is 262 g/mol. The Hall–Kier alpha value is -0.620. The predicted octanol–water partition coefficient (Wildman–Crippen LogP) is 0.149. The molecule has 0 saturated heterocycles. The Balaban J connectivity index is 2.79. The summed E-state index contributed by atoms with van der Waals surface area (Å²) >= 11 is 0. The van der Waals surface area contributed by atoms with Gasteiger partial charge in [0.2, 0.25) is 5.91 Å². The molecule has 1 atom stereocenters. The zero-order valence-electron chi connectivity index (χ0n) is 10.6. The summed E-state index contributed by atoms with van der Waals surface area (Å²) in [6, 6.07) is 0.176. The molecular weight excluding hydrogens is 240 g/mol. The first-order valence-corrected chi connectivity index (χ1v) is 8.02. The van der Waals surface area contributed by atoms with E-state index in [0.717, 1.165) is 31.9 Å². The van der Waals surface area contributed by atoms with Crippen molar-refractivity contribution in [1.82, 2.24) is 4.90 Å². The lowest BCUT2D eigenvalue weighted by Gasteiger charge is -2.30. The fourth-order valence-corrected chi connectivity index (χ4v) is 2.75. The van der Waals surface area contributed by atoms with Crippen molar-refractivity contribution in [3.8, 4) is 0 Å². The van der Waals surface area contributed by atoms with Crippen LogP contribution in [0.2, 0.25) is 0 Å². The molecule has 0 aromatic rings. The molecule has 1 unspecified atom stereocenters. The molecular formula is C11H22N2O3S. The highest BCUT2D eigenvalue weighted by molar-refractivity contribution is 7.92. The number of rotatable bonds is 5. The summed E-state index contributed by atoms with van der Waals surface area (Å²) in [6.07, 6.45) is 5.23. The van der Waals surface area contributed by atoms with Crippen molar-refractivity contribution in [2.75, 3.05) is 19.3 Å². The van der Waals surface area contributed by atoms with Gasteiger partial charge in [-0.1, -0.05) is 12.8 Å². The predicted molar refractivity (Wildman–Crippen MR) is 67.3 cm³/mol. The van der Waals surface area contributed by atoms with E-state index in [1.165, 1.54) is 6.92 Å². The van der Waals surface area contributed by atoms with Crippen molar-refractivity contribution in [3.05, 3.63) is 0 Å². The van der Waals surface area contributed by atoms with Crippen molar-refractivity contribution in [2.24, 2.45) is 5.73 Å². The summed E-state index contributed by atoms with van der Waals surface area (Å²) in [5.41, 5.74) is 5.50. The van der Waals surface area contributed by atoms with Crippen molar-refractivity contribution in [3.63, 3.8) is 0 Å². The maximum absolute atomic E-state index is 12.2. The second-order valence-electron chi connectivity index (χ2n) is 4.73. The SMILES string of the molecule is CC(C(=O)N(CCN)C1CCCC1)S(C)(=O)=O. The van der Waals surface area contributed by atoms with Gasteiger partial charge in [-0.3, -0.25) is 4.79 Å². The number of sulfone groups is 1. The van der Waals surface area contributed by atoms with Crippen LogP contribution in [-0.2, 0) is 14.6 Å². The second kappa shape index (κ2) is 5.82. The van der Waals surface area contributed by atoms with Gasteiger partial charge in [-0.15, -0.1) is 0 Å². The summed E-state index contributed by atoms with van der Waals surface area (Å²) in [7, 11) is -3.33. The smallest absolute Gasteiger partial charge is 0.240 e. The van der Waals surface area contributed by atoms with E-state index in [1.807, 2.05) is 0 Å². The molecule has 0 heterocycles. The fraction of sp³-hybridized carbons (Fsp3) is 0.909. The Morgan fingerprint density at radius 1 is 1.41 bits per heavy atom. The van der Waals surface area contributed by atoms with Gasteiger partial charge in [0.25, 0.3) is 0 Å². The summed E-state index contributed by atoms with van der Waals surface area (Å²) in [5.74, 6) is -0.301. The standard InChI is InChI=1S/C11H22N2O3S/c1-9(17(2,15)16)11(14)13(8-7-12)10-5-3-4-6-10/h9-10H,3-8,12H2,1-2H3. The number of nitrogens with zero attached hydrogens (tertiary/aromatic N) is 1. The molecule has 5 nitrogen and oxygen atoms in total. The maximum Gasteiger partial charge on any atom is 0.240 e. The molecule has 2 N–H and O–H groups in total. The Kier molecular flexibility index (Phi) is 4.94. The van der Waals surface area contributed by atoms with Gasteiger partial charge in [0.05, 0.1) is 0 Å². The number of nitrogens with two attached hydrogens (primary N) is 1. The molecule has 17 heavy (non-hydrogen) atoms. The van der Waals surface area contributed by atoms with E-state index in [1.54, 1.807) is 4.90 Å². The fourth-order valence-electron chi connectivity index (χ4n) is 2.24. The molecule has 1 rings (SSSR count). The molecule has 1 saturated carbocycles. The van der Waals surface area contributed by atoms with E-state index >= 15 is 0 Å². The third-order valence-electron chi connectivity index (χ3n) is 3.41. The highest BCUT2D eigenvalue weighted by Gasteiger charge is 2.33. The maximum atomic E-state index is 12.2. The topological polar surface area (TPSA) is 80.5 Å². The molecule has 1 aliphatic rings. The van der Waals surface area contributed by atoms with Crippen molar-refractivity contribution >= 4 is 15.7 Å². The molecule has 0 radical (unpaired) electrons. The molecule has 1 aliphatic carbocycles. The van der Waals surface area contributed by atoms with Crippen LogP contribution in [0.1, 0.15) is 32.6 Å². The molecule has 1 fully saturated rings. The molecule has 0 aromatic carbocycles. The van der Waals surface area contributed by atoms with E-state index in [2.05, 4.69) is 0 Å². The zero-order valence-corrected chi connectivity index (χ0v) is 11.4. The normalized spacial score (nSPS) is 19.2. The minimum absolute atomic E-state index is 0.176. The van der Waals surface area contributed by atoms with Gasteiger partial charge in [0.1, 0.15) is 5.25 Å². The summed E-state index contributed by atoms with van der Waals surface area (Å²) in [5, 5.41) is -0.963. The highest BCUT2D eigenvalue weighted by Crippen LogP contribution is 2.24. The molecule has 0 bridgehead atoms. The van der Waals surface area contributed by atoms with Crippen LogP contribution in [0.15, 0.2) is 0 Å². The first kappa shape index (κ1) is 14.4. The minimum Gasteiger partial charge on any atom is -0.337 e. The van der Waals surface area contributed by atoms with E-state index in [-0.39, 0.29) is 11.9 Å². The number of hydrogen-bond donors (Lipinski definition) is 1. The molecule has 6 heteroatoms. The van der Waals surface area contributed by atoms with Crippen LogP contribution < -0.4 is 5.73 Å². The number of hydrogen-bond acceptors (Lipinski definition) is 4.